The lowest BCUT2D eigenvalue weighted by atomic mass is 10.1. The van der Waals surface area contributed by atoms with Gasteiger partial charge < -0.3 is 4.90 Å². The highest BCUT2D eigenvalue weighted by atomic mass is 79.9. The standard InChI is InChI=1S/C16H16BrFN2OS/c17-15-5-4-14(22-15)11-19-6-8-20(9-7-19)16(21)12-2-1-3-13(18)10-12/h1-5,10H,6-9,11H2. The molecule has 0 atom stereocenters. The van der Waals surface area contributed by atoms with Crippen molar-refractivity contribution >= 4 is 33.2 Å². The molecule has 6 heteroatoms. The largest absolute Gasteiger partial charge is 0.336 e. The normalized spacial score (nSPS) is 16.0. The smallest absolute Gasteiger partial charge is 0.254 e. The van der Waals surface area contributed by atoms with Gasteiger partial charge in [0, 0.05) is 43.2 Å². The van der Waals surface area contributed by atoms with E-state index < -0.39 is 0 Å². The van der Waals surface area contributed by atoms with Crippen molar-refractivity contribution in [3.63, 3.8) is 0 Å². The molecule has 2 heterocycles. The predicted octanol–water partition coefficient (Wildman–Crippen LogP) is 3.61. The Morgan fingerprint density at radius 2 is 1.95 bits per heavy atom. The van der Waals surface area contributed by atoms with Gasteiger partial charge in [0.15, 0.2) is 0 Å². The first-order valence-electron chi connectivity index (χ1n) is 7.13. The molecule has 116 valence electrons. The molecule has 22 heavy (non-hydrogen) atoms. The quantitative estimate of drug-likeness (QED) is 0.809. The Morgan fingerprint density at radius 3 is 2.59 bits per heavy atom. The van der Waals surface area contributed by atoms with E-state index in [4.69, 9.17) is 0 Å². The van der Waals surface area contributed by atoms with Crippen LogP contribution in [0.1, 0.15) is 15.2 Å². The second-order valence-corrected chi connectivity index (χ2v) is 7.83. The molecule has 0 unspecified atom stereocenters. The third kappa shape index (κ3) is 3.74. The van der Waals surface area contributed by atoms with Crippen LogP contribution >= 0.6 is 27.3 Å². The average molecular weight is 383 g/mol. The number of hydrogen-bond donors (Lipinski definition) is 0. The van der Waals surface area contributed by atoms with Crippen LogP contribution < -0.4 is 0 Å². The van der Waals surface area contributed by atoms with Gasteiger partial charge in [-0.15, -0.1) is 11.3 Å². The number of piperazine rings is 1. The molecule has 1 aliphatic heterocycles. The van der Waals surface area contributed by atoms with E-state index in [0.717, 1.165) is 23.4 Å². The van der Waals surface area contributed by atoms with E-state index in [1.807, 2.05) is 0 Å². The summed E-state index contributed by atoms with van der Waals surface area (Å²) in [6.45, 7) is 3.97. The summed E-state index contributed by atoms with van der Waals surface area (Å²) >= 11 is 5.21. The number of carbonyl (C=O) groups excluding carboxylic acids is 1. The number of benzene rings is 1. The highest BCUT2D eigenvalue weighted by molar-refractivity contribution is 9.11. The van der Waals surface area contributed by atoms with Gasteiger partial charge in [0.25, 0.3) is 5.91 Å². The van der Waals surface area contributed by atoms with Gasteiger partial charge in [-0.3, -0.25) is 9.69 Å². The highest BCUT2D eigenvalue weighted by Gasteiger charge is 2.22. The number of nitrogens with zero attached hydrogens (tertiary/aromatic N) is 2. The van der Waals surface area contributed by atoms with Crippen molar-refractivity contribution in [1.29, 1.82) is 0 Å². The molecule has 1 amide bonds. The minimum Gasteiger partial charge on any atom is -0.336 e. The minimum atomic E-state index is -0.368. The Kier molecular flexibility index (Phi) is 4.90. The maximum absolute atomic E-state index is 13.2. The zero-order chi connectivity index (χ0) is 15.5. The molecule has 0 radical (unpaired) electrons. The third-order valence-corrected chi connectivity index (χ3v) is 5.35. The summed E-state index contributed by atoms with van der Waals surface area (Å²) in [4.78, 5) is 17.8. The SMILES string of the molecule is O=C(c1cccc(F)c1)N1CCN(Cc2ccc(Br)s2)CC1. The van der Waals surface area contributed by atoms with Crippen LogP contribution in [0.4, 0.5) is 4.39 Å². The van der Waals surface area contributed by atoms with Crippen LogP contribution in [0.15, 0.2) is 40.2 Å². The predicted molar refractivity (Wildman–Crippen MR) is 89.6 cm³/mol. The fraction of sp³-hybridized carbons (Fsp3) is 0.312. The Hall–Kier alpha value is -1.24. The van der Waals surface area contributed by atoms with Crippen LogP contribution in [0.2, 0.25) is 0 Å². The van der Waals surface area contributed by atoms with Gasteiger partial charge in [0.05, 0.1) is 3.79 Å². The number of amides is 1. The van der Waals surface area contributed by atoms with Gasteiger partial charge in [0.1, 0.15) is 5.82 Å². The highest BCUT2D eigenvalue weighted by Crippen LogP contribution is 2.23. The average Bonchev–Trinajstić information content (AvgIpc) is 2.92. The van der Waals surface area contributed by atoms with E-state index in [-0.39, 0.29) is 11.7 Å². The molecule has 0 aliphatic carbocycles. The summed E-state index contributed by atoms with van der Waals surface area (Å²) in [7, 11) is 0. The van der Waals surface area contributed by atoms with Crippen molar-refractivity contribution in [2.24, 2.45) is 0 Å². The molecule has 0 saturated carbocycles. The van der Waals surface area contributed by atoms with Gasteiger partial charge in [-0.2, -0.15) is 0 Å². The first-order valence-corrected chi connectivity index (χ1v) is 8.74. The van der Waals surface area contributed by atoms with E-state index in [1.165, 1.54) is 17.0 Å². The second-order valence-electron chi connectivity index (χ2n) is 5.28. The molecule has 0 N–H and O–H groups in total. The second kappa shape index (κ2) is 6.89. The number of halogens is 2. The van der Waals surface area contributed by atoms with Crippen molar-refractivity contribution in [3.05, 3.63) is 56.4 Å². The maximum Gasteiger partial charge on any atom is 0.254 e. The summed E-state index contributed by atoms with van der Waals surface area (Å²) in [5.41, 5.74) is 0.427. The van der Waals surface area contributed by atoms with E-state index in [0.29, 0.717) is 18.7 Å². The molecular formula is C16H16BrFN2OS. The van der Waals surface area contributed by atoms with Crippen LogP contribution in [0.5, 0.6) is 0 Å². The van der Waals surface area contributed by atoms with Gasteiger partial charge in [0.2, 0.25) is 0 Å². The van der Waals surface area contributed by atoms with Crippen LogP contribution in [0.25, 0.3) is 0 Å². The lowest BCUT2D eigenvalue weighted by Crippen LogP contribution is -2.48. The fourth-order valence-electron chi connectivity index (χ4n) is 2.57. The summed E-state index contributed by atoms with van der Waals surface area (Å²) < 4.78 is 14.4. The first kappa shape index (κ1) is 15.6. The summed E-state index contributed by atoms with van der Waals surface area (Å²) in [6.07, 6.45) is 0. The molecule has 1 aliphatic rings. The van der Waals surface area contributed by atoms with Gasteiger partial charge >= 0.3 is 0 Å². The zero-order valence-corrected chi connectivity index (χ0v) is 14.4. The molecule has 0 bridgehead atoms. The maximum atomic E-state index is 13.2. The molecule has 2 aromatic rings. The fourth-order valence-corrected chi connectivity index (χ4v) is 4.10. The number of carbonyl (C=O) groups is 1. The van der Waals surface area contributed by atoms with Crippen molar-refractivity contribution < 1.29 is 9.18 Å². The minimum absolute atomic E-state index is 0.0852. The summed E-state index contributed by atoms with van der Waals surface area (Å²) in [5.74, 6) is -0.453. The van der Waals surface area contributed by atoms with Crippen LogP contribution in [0, 0.1) is 5.82 Å². The molecule has 3 rings (SSSR count). The van der Waals surface area contributed by atoms with E-state index in [2.05, 4.69) is 33.0 Å². The number of rotatable bonds is 3. The van der Waals surface area contributed by atoms with E-state index in [9.17, 15) is 9.18 Å². The molecule has 0 spiro atoms. The lowest BCUT2D eigenvalue weighted by molar-refractivity contribution is 0.0629. The van der Waals surface area contributed by atoms with Crippen LogP contribution in [0.3, 0.4) is 0 Å². The molecule has 1 saturated heterocycles. The van der Waals surface area contributed by atoms with Crippen molar-refractivity contribution in [2.75, 3.05) is 26.2 Å². The topological polar surface area (TPSA) is 23.6 Å². The van der Waals surface area contributed by atoms with Gasteiger partial charge in [-0.1, -0.05) is 6.07 Å². The molecule has 1 aromatic heterocycles. The Bertz CT molecular complexity index is 668. The van der Waals surface area contributed by atoms with Crippen LogP contribution in [-0.4, -0.2) is 41.9 Å². The summed E-state index contributed by atoms with van der Waals surface area (Å²) in [6, 6.07) is 10.1. The number of hydrogen-bond acceptors (Lipinski definition) is 3. The zero-order valence-electron chi connectivity index (χ0n) is 12.0. The molecule has 1 aromatic carbocycles. The van der Waals surface area contributed by atoms with Crippen molar-refractivity contribution in [1.82, 2.24) is 9.80 Å². The van der Waals surface area contributed by atoms with E-state index in [1.54, 1.807) is 28.4 Å². The monoisotopic (exact) mass is 382 g/mol. The Morgan fingerprint density at radius 1 is 1.18 bits per heavy atom. The van der Waals surface area contributed by atoms with Gasteiger partial charge in [-0.25, -0.2) is 4.39 Å². The van der Waals surface area contributed by atoms with E-state index >= 15 is 0 Å². The lowest BCUT2D eigenvalue weighted by Gasteiger charge is -2.34. The Balaban J connectivity index is 1.56. The molecule has 1 fully saturated rings. The Labute approximate surface area is 141 Å². The molecule has 3 nitrogen and oxygen atoms in total. The first-order chi connectivity index (χ1) is 10.6. The van der Waals surface area contributed by atoms with Crippen molar-refractivity contribution in [2.45, 2.75) is 6.54 Å². The van der Waals surface area contributed by atoms with Crippen LogP contribution in [-0.2, 0) is 6.54 Å². The molecular weight excluding hydrogens is 367 g/mol. The third-order valence-electron chi connectivity index (χ3n) is 3.74. The van der Waals surface area contributed by atoms with Gasteiger partial charge in [-0.05, 0) is 46.3 Å². The number of thiophene rings is 1. The summed E-state index contributed by atoms with van der Waals surface area (Å²) in [5, 5.41) is 0. The van der Waals surface area contributed by atoms with Crippen molar-refractivity contribution in [3.8, 4) is 0 Å².